The summed E-state index contributed by atoms with van der Waals surface area (Å²) >= 11 is 7.31. The molecule has 0 saturated carbocycles. The molecule has 0 bridgehead atoms. The first-order valence-electron chi connectivity index (χ1n) is 11.0. The lowest BCUT2D eigenvalue weighted by Gasteiger charge is -2.16. The van der Waals surface area contributed by atoms with Crippen molar-refractivity contribution in [1.82, 2.24) is 9.55 Å². The number of aromatic nitrogens is 2. The van der Waals surface area contributed by atoms with Crippen molar-refractivity contribution in [2.45, 2.75) is 38.4 Å². The molecule has 5 rings (SSSR count). The van der Waals surface area contributed by atoms with E-state index >= 15 is 0 Å². The quantitative estimate of drug-likeness (QED) is 0.345. The second kappa shape index (κ2) is 9.13. The molecule has 0 fully saturated rings. The van der Waals surface area contributed by atoms with Gasteiger partial charge in [0.2, 0.25) is 5.91 Å². The number of fused-ring (bicyclic) bond motifs is 2. The Morgan fingerprint density at radius 1 is 1.11 bits per heavy atom. The van der Waals surface area contributed by atoms with Crippen LogP contribution in [0, 0.1) is 0 Å². The normalized spacial score (nSPS) is 13.6. The van der Waals surface area contributed by atoms with Crippen molar-refractivity contribution in [1.29, 1.82) is 0 Å². The van der Waals surface area contributed by atoms with Gasteiger partial charge < -0.3 is 5.32 Å². The number of hydrogen-bond acceptors (Lipinski definition) is 4. The molecule has 0 spiro atoms. The van der Waals surface area contributed by atoms with E-state index in [1.165, 1.54) is 35.2 Å². The summed E-state index contributed by atoms with van der Waals surface area (Å²) < 4.78 is 40.2. The number of carbonyl (C=O) groups is 1. The molecule has 1 aliphatic carbocycles. The lowest BCUT2D eigenvalue weighted by Crippen LogP contribution is -2.28. The van der Waals surface area contributed by atoms with E-state index in [4.69, 9.17) is 11.6 Å². The van der Waals surface area contributed by atoms with Gasteiger partial charge in [-0.25, -0.2) is 4.98 Å². The number of thiophene rings is 1. The Balaban J connectivity index is 1.44. The molecule has 0 aliphatic heterocycles. The van der Waals surface area contributed by atoms with Gasteiger partial charge in [-0.2, -0.15) is 13.2 Å². The summed E-state index contributed by atoms with van der Waals surface area (Å²) in [6.45, 7) is -0.423. The van der Waals surface area contributed by atoms with Crippen LogP contribution in [0.25, 0.3) is 21.3 Å². The Morgan fingerprint density at radius 2 is 1.89 bits per heavy atom. The molecule has 180 valence electrons. The number of amides is 1. The number of nitrogens with one attached hydrogen (secondary N) is 1. The third kappa shape index (κ3) is 4.70. The SMILES string of the molecule is O=C(Cn1cnc2scc(-c3ccc4c(c3)CCCC4)c2c1=O)Nc1cc(C(F)(F)F)ccc1Cl. The van der Waals surface area contributed by atoms with Gasteiger partial charge in [-0.3, -0.25) is 14.2 Å². The van der Waals surface area contributed by atoms with Gasteiger partial charge in [0.05, 0.1) is 28.0 Å². The van der Waals surface area contributed by atoms with Crippen LogP contribution in [-0.2, 0) is 30.4 Å². The summed E-state index contributed by atoms with van der Waals surface area (Å²) in [4.78, 5) is 30.8. The Hall–Kier alpha value is -3.17. The van der Waals surface area contributed by atoms with Crippen LogP contribution in [0.1, 0.15) is 29.5 Å². The number of anilines is 1. The first kappa shape index (κ1) is 23.6. The van der Waals surface area contributed by atoms with E-state index in [0.717, 1.165) is 53.2 Å². The predicted octanol–water partition coefficient (Wildman–Crippen LogP) is 6.31. The number of rotatable bonds is 4. The summed E-state index contributed by atoms with van der Waals surface area (Å²) in [5.74, 6) is -0.694. The van der Waals surface area contributed by atoms with Crippen LogP contribution in [0.3, 0.4) is 0 Å². The van der Waals surface area contributed by atoms with Gasteiger partial charge in [0.1, 0.15) is 11.4 Å². The molecule has 2 aromatic carbocycles. The lowest BCUT2D eigenvalue weighted by molar-refractivity contribution is -0.137. The fourth-order valence-electron chi connectivity index (χ4n) is 4.34. The van der Waals surface area contributed by atoms with Crippen molar-refractivity contribution in [3.8, 4) is 11.1 Å². The topological polar surface area (TPSA) is 64.0 Å². The van der Waals surface area contributed by atoms with Gasteiger partial charge in [-0.15, -0.1) is 11.3 Å². The van der Waals surface area contributed by atoms with Crippen LogP contribution in [0.4, 0.5) is 18.9 Å². The Kier molecular flexibility index (Phi) is 6.14. The molecule has 0 atom stereocenters. The molecule has 0 saturated heterocycles. The summed E-state index contributed by atoms with van der Waals surface area (Å²) in [6.07, 6.45) is 1.06. The third-order valence-corrected chi connectivity index (χ3v) is 7.32. The van der Waals surface area contributed by atoms with E-state index in [2.05, 4.69) is 22.4 Å². The minimum atomic E-state index is -4.58. The number of halogens is 4. The van der Waals surface area contributed by atoms with Crippen molar-refractivity contribution in [3.05, 3.63) is 80.2 Å². The van der Waals surface area contributed by atoms with Crippen LogP contribution >= 0.6 is 22.9 Å². The van der Waals surface area contributed by atoms with E-state index in [0.29, 0.717) is 10.2 Å². The monoisotopic (exact) mass is 517 g/mol. The highest BCUT2D eigenvalue weighted by Gasteiger charge is 2.31. The van der Waals surface area contributed by atoms with E-state index < -0.39 is 29.8 Å². The minimum Gasteiger partial charge on any atom is -0.323 e. The fraction of sp³-hybridized carbons (Fsp3) is 0.240. The molecule has 35 heavy (non-hydrogen) atoms. The highest BCUT2D eigenvalue weighted by molar-refractivity contribution is 7.17. The zero-order valence-electron chi connectivity index (χ0n) is 18.3. The van der Waals surface area contributed by atoms with Crippen molar-refractivity contribution in [3.63, 3.8) is 0 Å². The zero-order valence-corrected chi connectivity index (χ0v) is 19.9. The second-order valence-corrected chi connectivity index (χ2v) is 9.70. The summed E-state index contributed by atoms with van der Waals surface area (Å²) in [5, 5.41) is 4.62. The van der Waals surface area contributed by atoms with Crippen LogP contribution in [-0.4, -0.2) is 15.5 Å². The van der Waals surface area contributed by atoms with Crippen LogP contribution in [0.2, 0.25) is 5.02 Å². The van der Waals surface area contributed by atoms with Crippen LogP contribution < -0.4 is 10.9 Å². The molecule has 10 heteroatoms. The highest BCUT2D eigenvalue weighted by atomic mass is 35.5. The first-order chi connectivity index (χ1) is 16.7. The Labute approximate surface area is 207 Å². The average Bonchev–Trinajstić information content (AvgIpc) is 3.26. The molecular weight excluding hydrogens is 499 g/mol. The van der Waals surface area contributed by atoms with Gasteiger partial charge in [0.15, 0.2) is 0 Å². The van der Waals surface area contributed by atoms with Gasteiger partial charge in [-0.05, 0) is 60.6 Å². The number of aryl methyl sites for hydroxylation is 2. The van der Waals surface area contributed by atoms with E-state index in [-0.39, 0.29) is 10.7 Å². The fourth-order valence-corrected chi connectivity index (χ4v) is 5.41. The molecule has 0 radical (unpaired) electrons. The molecular formula is C25H19ClF3N3O2S. The maximum atomic E-state index is 13.3. The predicted molar refractivity (Wildman–Crippen MR) is 131 cm³/mol. The number of benzene rings is 2. The smallest absolute Gasteiger partial charge is 0.323 e. The standard InChI is InChI=1S/C25H19ClF3N3O2S/c26-19-8-7-17(25(27,28)29)10-20(19)31-21(33)11-32-13-30-23-22(24(32)34)18(12-35-23)16-6-5-14-3-1-2-4-15(14)9-16/h5-10,12-13H,1-4,11H2,(H,31,33). The first-order valence-corrected chi connectivity index (χ1v) is 12.2. The van der Waals surface area contributed by atoms with Crippen molar-refractivity contribution < 1.29 is 18.0 Å². The molecule has 1 N–H and O–H groups in total. The van der Waals surface area contributed by atoms with Crippen molar-refractivity contribution >= 4 is 44.7 Å². The van der Waals surface area contributed by atoms with E-state index in [9.17, 15) is 22.8 Å². The number of alkyl halides is 3. The molecule has 2 aromatic heterocycles. The van der Waals surface area contributed by atoms with Gasteiger partial charge >= 0.3 is 6.18 Å². The maximum absolute atomic E-state index is 13.3. The molecule has 4 aromatic rings. The lowest BCUT2D eigenvalue weighted by atomic mass is 9.89. The molecule has 1 aliphatic rings. The molecule has 0 unspecified atom stereocenters. The van der Waals surface area contributed by atoms with E-state index in [1.807, 2.05) is 11.4 Å². The van der Waals surface area contributed by atoms with Gasteiger partial charge in [0.25, 0.3) is 5.56 Å². The highest BCUT2D eigenvalue weighted by Crippen LogP contribution is 2.35. The van der Waals surface area contributed by atoms with Crippen molar-refractivity contribution in [2.24, 2.45) is 0 Å². The van der Waals surface area contributed by atoms with E-state index in [1.54, 1.807) is 0 Å². The third-order valence-electron chi connectivity index (χ3n) is 6.10. The number of carbonyl (C=O) groups excluding carboxylic acids is 1. The zero-order chi connectivity index (χ0) is 24.7. The van der Waals surface area contributed by atoms with Crippen LogP contribution in [0.5, 0.6) is 0 Å². The molecule has 1 amide bonds. The Morgan fingerprint density at radius 3 is 2.66 bits per heavy atom. The molecule has 2 heterocycles. The Bertz CT molecular complexity index is 1510. The summed E-state index contributed by atoms with van der Waals surface area (Å²) in [7, 11) is 0. The summed E-state index contributed by atoms with van der Waals surface area (Å²) in [6, 6.07) is 8.89. The second-order valence-electron chi connectivity index (χ2n) is 8.44. The van der Waals surface area contributed by atoms with Crippen molar-refractivity contribution in [2.75, 3.05) is 5.32 Å². The van der Waals surface area contributed by atoms with Gasteiger partial charge in [0, 0.05) is 10.9 Å². The number of hydrogen-bond donors (Lipinski definition) is 1. The number of nitrogens with zero attached hydrogens (tertiary/aromatic N) is 2. The largest absolute Gasteiger partial charge is 0.416 e. The van der Waals surface area contributed by atoms with Gasteiger partial charge in [-0.1, -0.05) is 29.8 Å². The summed E-state index contributed by atoms with van der Waals surface area (Å²) in [5.41, 5.74) is 2.79. The maximum Gasteiger partial charge on any atom is 0.416 e. The minimum absolute atomic E-state index is 0.0418. The molecule has 5 nitrogen and oxygen atoms in total. The van der Waals surface area contributed by atoms with Crippen LogP contribution in [0.15, 0.2) is 52.9 Å². The average molecular weight is 518 g/mol.